The smallest absolute Gasteiger partial charge is 0.344 e. The third-order valence-electron chi connectivity index (χ3n) is 6.05. The molecule has 1 heterocycles. The Labute approximate surface area is 178 Å². The molecule has 1 saturated heterocycles. The van der Waals surface area contributed by atoms with Gasteiger partial charge in [0.1, 0.15) is 24.4 Å². The summed E-state index contributed by atoms with van der Waals surface area (Å²) in [5.41, 5.74) is 2.51. The van der Waals surface area contributed by atoms with Crippen molar-refractivity contribution in [1.82, 2.24) is 4.48 Å². The third kappa shape index (κ3) is 3.89. The summed E-state index contributed by atoms with van der Waals surface area (Å²) in [6.07, 6.45) is 0. The first-order valence-corrected chi connectivity index (χ1v) is 10.1. The number of rotatable bonds is 7. The number of hydrogen-bond acceptors (Lipinski definition) is 6. The van der Waals surface area contributed by atoms with Crippen molar-refractivity contribution < 1.29 is 23.7 Å². The summed E-state index contributed by atoms with van der Waals surface area (Å²) in [5, 5.41) is 0. The minimum atomic E-state index is -0.371. The molecule has 0 N–H and O–H groups in total. The average molecular weight is 416 g/mol. The summed E-state index contributed by atoms with van der Waals surface area (Å²) in [6.45, 7) is 6.35. The summed E-state index contributed by atoms with van der Waals surface area (Å²) >= 11 is 0. The normalized spacial score (nSPS) is 15.4. The van der Waals surface area contributed by atoms with Crippen LogP contribution >= 0.6 is 0 Å². The first kappa shape index (κ1) is 21.8. The second kappa shape index (κ2) is 9.26. The van der Waals surface area contributed by atoms with Crippen LogP contribution in [0.15, 0.2) is 36.4 Å². The lowest BCUT2D eigenvalue weighted by atomic mass is 10.1. The molecule has 0 radical (unpaired) electrons. The maximum atomic E-state index is 12.6. The molecule has 7 heteroatoms. The fourth-order valence-electron chi connectivity index (χ4n) is 4.24. The van der Waals surface area contributed by atoms with Crippen molar-refractivity contribution in [2.45, 2.75) is 6.92 Å². The lowest BCUT2D eigenvalue weighted by molar-refractivity contribution is 0.0597. The van der Waals surface area contributed by atoms with E-state index in [1.165, 1.54) is 7.11 Å². The molecule has 162 valence electrons. The van der Waals surface area contributed by atoms with Crippen LogP contribution in [0.1, 0.15) is 17.3 Å². The quantitative estimate of drug-likeness (QED) is 0.511. The van der Waals surface area contributed by atoms with Gasteiger partial charge in [-0.3, -0.25) is 4.48 Å². The molecular weight excluding hydrogens is 384 g/mol. The molecular formula is C23H31N2O5+. The molecule has 0 bridgehead atoms. The highest BCUT2D eigenvalue weighted by Gasteiger charge is 2.39. The van der Waals surface area contributed by atoms with Crippen molar-refractivity contribution in [2.24, 2.45) is 0 Å². The molecule has 30 heavy (non-hydrogen) atoms. The van der Waals surface area contributed by atoms with Gasteiger partial charge in [-0.2, -0.15) is 0 Å². The van der Waals surface area contributed by atoms with Crippen LogP contribution in [0.5, 0.6) is 17.2 Å². The van der Waals surface area contributed by atoms with E-state index in [0.29, 0.717) is 21.5 Å². The van der Waals surface area contributed by atoms with E-state index < -0.39 is 0 Å². The number of likely N-dealkylation sites (N-methyl/N-ethyl adjacent to an activating group) is 1. The number of quaternary nitrogens is 1. The van der Waals surface area contributed by atoms with E-state index in [0.717, 1.165) is 49.8 Å². The van der Waals surface area contributed by atoms with E-state index in [-0.39, 0.29) is 5.97 Å². The number of hydrogen-bond donors (Lipinski definition) is 0. The Kier molecular flexibility index (Phi) is 6.72. The van der Waals surface area contributed by atoms with E-state index in [4.69, 9.17) is 18.9 Å². The largest absolute Gasteiger partial charge is 0.495 e. The second-order valence-corrected chi connectivity index (χ2v) is 7.28. The molecule has 0 saturated carbocycles. The summed E-state index contributed by atoms with van der Waals surface area (Å²) in [6, 6.07) is 11.7. The minimum Gasteiger partial charge on any atom is -0.495 e. The van der Waals surface area contributed by atoms with Crippen molar-refractivity contribution in [3.05, 3.63) is 42.0 Å². The standard InChI is InChI=1S/C23H31N2O5/c1-6-25(13-11-24(12-14-25)18-9-7-8-10-20(18)27-2)19-16-22(29-4)21(28-3)15-17(19)23(26)30-5/h7-10,15-16H,6,11-14H2,1-5H3/q+1. The van der Waals surface area contributed by atoms with Crippen molar-refractivity contribution in [1.29, 1.82) is 0 Å². The Morgan fingerprint density at radius 3 is 2.10 bits per heavy atom. The Hall–Kier alpha value is -2.93. The minimum absolute atomic E-state index is 0.371. The number of para-hydroxylation sites is 2. The number of methoxy groups -OCH3 is 4. The highest BCUT2D eigenvalue weighted by molar-refractivity contribution is 5.96. The van der Waals surface area contributed by atoms with Crippen molar-refractivity contribution in [2.75, 3.05) is 66.1 Å². The highest BCUT2D eigenvalue weighted by Crippen LogP contribution is 2.40. The van der Waals surface area contributed by atoms with Crippen LogP contribution in [0.25, 0.3) is 0 Å². The molecule has 0 unspecified atom stereocenters. The zero-order valence-electron chi connectivity index (χ0n) is 18.4. The van der Waals surface area contributed by atoms with Crippen LogP contribution in [-0.2, 0) is 4.74 Å². The first-order chi connectivity index (χ1) is 14.5. The van der Waals surface area contributed by atoms with E-state index in [1.54, 1.807) is 27.4 Å². The molecule has 2 aromatic rings. The molecule has 2 aromatic carbocycles. The fraction of sp³-hybridized carbons (Fsp3) is 0.435. The lowest BCUT2D eigenvalue weighted by Gasteiger charge is -2.45. The number of carbonyl (C=O) groups is 1. The molecule has 0 spiro atoms. The molecule has 0 aromatic heterocycles. The Balaban J connectivity index is 1.99. The topological polar surface area (TPSA) is 57.2 Å². The summed E-state index contributed by atoms with van der Waals surface area (Å²) in [5.74, 6) is 1.63. The van der Waals surface area contributed by atoms with Crippen LogP contribution in [0, 0.1) is 0 Å². The van der Waals surface area contributed by atoms with Gasteiger partial charge < -0.3 is 23.8 Å². The molecule has 1 aliphatic heterocycles. The van der Waals surface area contributed by atoms with Crippen LogP contribution in [0.4, 0.5) is 11.4 Å². The van der Waals surface area contributed by atoms with Crippen molar-refractivity contribution in [3.63, 3.8) is 0 Å². The molecule has 0 atom stereocenters. The molecule has 7 nitrogen and oxygen atoms in total. The van der Waals surface area contributed by atoms with Gasteiger partial charge in [0, 0.05) is 12.1 Å². The predicted molar refractivity (Wildman–Crippen MR) is 118 cm³/mol. The Bertz CT molecular complexity index is 891. The van der Waals surface area contributed by atoms with Crippen molar-refractivity contribution in [3.8, 4) is 17.2 Å². The zero-order valence-corrected chi connectivity index (χ0v) is 18.4. The third-order valence-corrected chi connectivity index (χ3v) is 6.05. The van der Waals surface area contributed by atoms with Crippen LogP contribution < -0.4 is 23.6 Å². The van der Waals surface area contributed by atoms with Gasteiger partial charge in [-0.05, 0) is 19.1 Å². The number of esters is 1. The van der Waals surface area contributed by atoms with Crippen LogP contribution in [0.3, 0.4) is 0 Å². The van der Waals surface area contributed by atoms with E-state index >= 15 is 0 Å². The second-order valence-electron chi connectivity index (χ2n) is 7.28. The number of carbonyl (C=O) groups excluding carboxylic acids is 1. The Morgan fingerprint density at radius 2 is 1.53 bits per heavy atom. The maximum absolute atomic E-state index is 12.6. The molecule has 0 amide bonds. The SMILES string of the molecule is CC[N+]1(c2cc(OC)c(OC)cc2C(=O)OC)CCN(c2ccccc2OC)CC1. The highest BCUT2D eigenvalue weighted by atomic mass is 16.5. The number of anilines is 1. The van der Waals surface area contributed by atoms with Gasteiger partial charge in [0.25, 0.3) is 0 Å². The fourth-order valence-corrected chi connectivity index (χ4v) is 4.24. The summed E-state index contributed by atoms with van der Waals surface area (Å²) < 4.78 is 22.2. The van der Waals surface area contributed by atoms with Gasteiger partial charge in [0.15, 0.2) is 17.2 Å². The van der Waals surface area contributed by atoms with Crippen molar-refractivity contribution >= 4 is 17.3 Å². The molecule has 3 rings (SSSR count). The average Bonchev–Trinajstić information content (AvgIpc) is 2.82. The predicted octanol–water partition coefficient (Wildman–Crippen LogP) is 3.35. The monoisotopic (exact) mass is 415 g/mol. The maximum Gasteiger partial charge on any atom is 0.344 e. The number of ether oxygens (including phenoxy) is 4. The van der Waals surface area contributed by atoms with E-state index in [1.807, 2.05) is 24.3 Å². The van der Waals surface area contributed by atoms with Crippen LogP contribution in [-0.4, -0.2) is 67.1 Å². The number of piperazine rings is 1. The molecule has 0 aliphatic carbocycles. The summed E-state index contributed by atoms with van der Waals surface area (Å²) in [7, 11) is 6.27. The van der Waals surface area contributed by atoms with Gasteiger partial charge >= 0.3 is 5.97 Å². The van der Waals surface area contributed by atoms with Gasteiger partial charge in [-0.15, -0.1) is 0 Å². The summed E-state index contributed by atoms with van der Waals surface area (Å²) in [4.78, 5) is 15.0. The molecule has 1 aliphatic rings. The van der Waals surface area contributed by atoms with E-state index in [2.05, 4.69) is 17.9 Å². The van der Waals surface area contributed by atoms with Gasteiger partial charge in [0.2, 0.25) is 0 Å². The van der Waals surface area contributed by atoms with Gasteiger partial charge in [-0.1, -0.05) is 12.1 Å². The lowest BCUT2D eigenvalue weighted by Crippen LogP contribution is -2.61. The van der Waals surface area contributed by atoms with E-state index in [9.17, 15) is 4.79 Å². The van der Waals surface area contributed by atoms with Gasteiger partial charge in [-0.25, -0.2) is 4.79 Å². The number of benzene rings is 2. The first-order valence-electron chi connectivity index (χ1n) is 10.1. The Morgan fingerprint density at radius 1 is 0.933 bits per heavy atom. The van der Waals surface area contributed by atoms with Crippen LogP contribution in [0.2, 0.25) is 0 Å². The van der Waals surface area contributed by atoms with Gasteiger partial charge in [0.05, 0.1) is 53.8 Å². The zero-order chi connectivity index (χ0) is 21.7. The number of nitrogens with zero attached hydrogens (tertiary/aromatic N) is 2. The molecule has 1 fully saturated rings.